The van der Waals surface area contributed by atoms with Gasteiger partial charge in [0.2, 0.25) is 0 Å². The Morgan fingerprint density at radius 3 is 2.35 bits per heavy atom. The Hall–Kier alpha value is -0.860. The molecule has 0 heterocycles. The molecular weight excluding hydrogens is 280 g/mol. The molecule has 0 saturated heterocycles. The van der Waals surface area contributed by atoms with Crippen molar-refractivity contribution in [2.45, 2.75) is 65.0 Å². The quantitative estimate of drug-likeness (QED) is 0.692. The molecule has 1 saturated carbocycles. The summed E-state index contributed by atoms with van der Waals surface area (Å²) in [5.74, 6) is 0.730. The van der Waals surface area contributed by atoms with Gasteiger partial charge >= 0.3 is 0 Å². The number of nitrogens with zero attached hydrogens (tertiary/aromatic N) is 2. The van der Waals surface area contributed by atoms with Crippen LogP contribution in [0.1, 0.15) is 57.1 Å². The van der Waals surface area contributed by atoms with E-state index in [9.17, 15) is 0 Å². The van der Waals surface area contributed by atoms with E-state index in [1.54, 1.807) is 0 Å². The highest BCUT2D eigenvalue weighted by Crippen LogP contribution is 2.24. The largest absolute Gasteiger partial charge is 0.308 e. The van der Waals surface area contributed by atoms with Crippen LogP contribution in [0.4, 0.5) is 0 Å². The lowest BCUT2D eigenvalue weighted by Crippen LogP contribution is -2.40. The van der Waals surface area contributed by atoms with Crippen molar-refractivity contribution in [2.75, 3.05) is 27.2 Å². The van der Waals surface area contributed by atoms with Crippen LogP contribution >= 0.6 is 0 Å². The molecule has 0 aliphatic heterocycles. The van der Waals surface area contributed by atoms with Crippen LogP contribution in [0.2, 0.25) is 0 Å². The maximum Gasteiger partial charge on any atom is 0.0237 e. The summed E-state index contributed by atoms with van der Waals surface area (Å²) in [5.41, 5.74) is 2.99. The molecule has 0 spiro atoms. The minimum atomic E-state index is 0.730. The van der Waals surface area contributed by atoms with Crippen molar-refractivity contribution in [1.82, 2.24) is 9.80 Å². The fourth-order valence-corrected chi connectivity index (χ4v) is 3.73. The van der Waals surface area contributed by atoms with Gasteiger partial charge in [-0.3, -0.25) is 4.90 Å². The van der Waals surface area contributed by atoms with Crippen LogP contribution in [-0.4, -0.2) is 43.0 Å². The van der Waals surface area contributed by atoms with Crippen LogP contribution in [0.15, 0.2) is 24.3 Å². The van der Waals surface area contributed by atoms with Crippen molar-refractivity contribution in [3.05, 3.63) is 35.4 Å². The minimum Gasteiger partial charge on any atom is -0.308 e. The molecule has 1 fully saturated rings. The molecular formula is C21H36N2. The van der Waals surface area contributed by atoms with Gasteiger partial charge in [-0.05, 0) is 50.4 Å². The van der Waals surface area contributed by atoms with Crippen LogP contribution in [0, 0.1) is 5.92 Å². The average Bonchev–Trinajstić information content (AvgIpc) is 2.52. The summed E-state index contributed by atoms with van der Waals surface area (Å²) in [6, 6.07) is 10.1. The van der Waals surface area contributed by atoms with E-state index < -0.39 is 0 Å². The van der Waals surface area contributed by atoms with Gasteiger partial charge in [0.15, 0.2) is 0 Å². The fourth-order valence-electron chi connectivity index (χ4n) is 3.73. The average molecular weight is 317 g/mol. The molecule has 1 aliphatic carbocycles. The summed E-state index contributed by atoms with van der Waals surface area (Å²) in [7, 11) is 4.37. The molecule has 0 atom stereocenters. The molecule has 130 valence electrons. The Balaban J connectivity index is 2.03. The Bertz CT molecular complexity index is 447. The van der Waals surface area contributed by atoms with Gasteiger partial charge in [-0.1, -0.05) is 57.4 Å². The second-order valence-electron chi connectivity index (χ2n) is 7.98. The van der Waals surface area contributed by atoms with Crippen LogP contribution in [0.5, 0.6) is 0 Å². The molecule has 0 unspecified atom stereocenters. The highest BCUT2D eigenvalue weighted by Gasteiger charge is 2.21. The van der Waals surface area contributed by atoms with Crippen LogP contribution < -0.4 is 0 Å². The Morgan fingerprint density at radius 1 is 1.00 bits per heavy atom. The van der Waals surface area contributed by atoms with E-state index in [2.05, 4.69) is 62.0 Å². The molecule has 0 N–H and O–H groups in total. The summed E-state index contributed by atoms with van der Waals surface area (Å²) in [5, 5.41) is 0. The molecule has 1 aliphatic rings. The number of rotatable bonds is 8. The van der Waals surface area contributed by atoms with Gasteiger partial charge < -0.3 is 4.90 Å². The van der Waals surface area contributed by atoms with Gasteiger partial charge in [0, 0.05) is 25.7 Å². The van der Waals surface area contributed by atoms with E-state index in [1.165, 1.54) is 56.2 Å². The summed E-state index contributed by atoms with van der Waals surface area (Å²) < 4.78 is 0. The van der Waals surface area contributed by atoms with Crippen LogP contribution in [0.3, 0.4) is 0 Å². The summed E-state index contributed by atoms with van der Waals surface area (Å²) in [6.45, 7) is 8.06. The van der Waals surface area contributed by atoms with E-state index in [1.807, 2.05) is 0 Å². The molecule has 23 heavy (non-hydrogen) atoms. The van der Waals surface area contributed by atoms with Gasteiger partial charge in [-0.25, -0.2) is 0 Å². The van der Waals surface area contributed by atoms with Gasteiger partial charge in [0.25, 0.3) is 0 Å². The predicted molar refractivity (Wildman–Crippen MR) is 101 cm³/mol. The Kier molecular flexibility index (Phi) is 7.58. The van der Waals surface area contributed by atoms with E-state index in [0.717, 1.165) is 25.0 Å². The zero-order valence-electron chi connectivity index (χ0n) is 15.7. The number of benzene rings is 1. The molecule has 1 aromatic carbocycles. The highest BCUT2D eigenvalue weighted by molar-refractivity contribution is 5.24. The summed E-state index contributed by atoms with van der Waals surface area (Å²) in [4.78, 5) is 5.05. The minimum absolute atomic E-state index is 0.730. The van der Waals surface area contributed by atoms with Gasteiger partial charge in [-0.2, -0.15) is 0 Å². The summed E-state index contributed by atoms with van der Waals surface area (Å²) in [6.07, 6.45) is 8.22. The summed E-state index contributed by atoms with van der Waals surface area (Å²) >= 11 is 0. The zero-order chi connectivity index (χ0) is 16.7. The standard InChI is InChI=1S/C21H36N2/c1-18(2)15-19-9-8-10-20(16-19)17-23(14-13-22(3)4)21-11-6-5-7-12-21/h8-10,16,18,21H,5-7,11-15,17H2,1-4H3. The van der Waals surface area contributed by atoms with E-state index >= 15 is 0 Å². The predicted octanol–water partition coefficient (Wildman–Crippen LogP) is 4.58. The third-order valence-corrected chi connectivity index (χ3v) is 4.95. The maximum atomic E-state index is 2.74. The van der Waals surface area contributed by atoms with E-state index in [4.69, 9.17) is 0 Å². The van der Waals surface area contributed by atoms with Crippen molar-refractivity contribution < 1.29 is 0 Å². The number of hydrogen-bond donors (Lipinski definition) is 0. The lowest BCUT2D eigenvalue weighted by Gasteiger charge is -2.35. The van der Waals surface area contributed by atoms with Crippen LogP contribution in [-0.2, 0) is 13.0 Å². The lowest BCUT2D eigenvalue weighted by molar-refractivity contribution is 0.136. The van der Waals surface area contributed by atoms with Crippen molar-refractivity contribution >= 4 is 0 Å². The number of likely N-dealkylation sites (N-methyl/N-ethyl adjacent to an activating group) is 1. The van der Waals surface area contributed by atoms with Gasteiger partial charge in [0.1, 0.15) is 0 Å². The Morgan fingerprint density at radius 2 is 1.70 bits per heavy atom. The van der Waals surface area contributed by atoms with Gasteiger partial charge in [-0.15, -0.1) is 0 Å². The third kappa shape index (κ3) is 6.64. The first-order valence-corrected chi connectivity index (χ1v) is 9.51. The smallest absolute Gasteiger partial charge is 0.0237 e. The first-order chi connectivity index (χ1) is 11.0. The zero-order valence-corrected chi connectivity index (χ0v) is 15.7. The lowest BCUT2D eigenvalue weighted by atomic mass is 9.93. The second kappa shape index (κ2) is 9.44. The monoisotopic (exact) mass is 316 g/mol. The van der Waals surface area contributed by atoms with E-state index in [0.29, 0.717) is 0 Å². The molecule has 0 amide bonds. The molecule has 0 bridgehead atoms. The molecule has 0 radical (unpaired) electrons. The second-order valence-corrected chi connectivity index (χ2v) is 7.98. The normalized spacial score (nSPS) is 16.7. The number of hydrogen-bond acceptors (Lipinski definition) is 2. The maximum absolute atomic E-state index is 2.74. The molecule has 2 nitrogen and oxygen atoms in total. The van der Waals surface area contributed by atoms with Crippen molar-refractivity contribution in [3.8, 4) is 0 Å². The van der Waals surface area contributed by atoms with E-state index in [-0.39, 0.29) is 0 Å². The van der Waals surface area contributed by atoms with Crippen molar-refractivity contribution in [3.63, 3.8) is 0 Å². The third-order valence-electron chi connectivity index (χ3n) is 4.95. The highest BCUT2D eigenvalue weighted by atomic mass is 15.2. The first-order valence-electron chi connectivity index (χ1n) is 9.51. The topological polar surface area (TPSA) is 6.48 Å². The molecule has 2 heteroatoms. The Labute approximate surface area is 143 Å². The van der Waals surface area contributed by atoms with Crippen molar-refractivity contribution in [2.24, 2.45) is 5.92 Å². The molecule has 0 aromatic heterocycles. The molecule has 1 aromatic rings. The van der Waals surface area contributed by atoms with Crippen LogP contribution in [0.25, 0.3) is 0 Å². The van der Waals surface area contributed by atoms with Crippen molar-refractivity contribution in [1.29, 1.82) is 0 Å². The van der Waals surface area contributed by atoms with Gasteiger partial charge in [0.05, 0.1) is 0 Å². The fraction of sp³-hybridized carbons (Fsp3) is 0.714. The SMILES string of the molecule is CC(C)Cc1cccc(CN(CCN(C)C)C2CCCCC2)c1. The molecule has 2 rings (SSSR count). The first kappa shape index (κ1) is 18.5.